The number of aliphatic hydroxyl groups excluding tert-OH is 1. The van der Waals surface area contributed by atoms with Gasteiger partial charge in [-0.2, -0.15) is 0 Å². The van der Waals surface area contributed by atoms with Crippen molar-refractivity contribution < 1.29 is 29.4 Å². The maximum Gasteiger partial charge on any atom is 0.303 e. The van der Waals surface area contributed by atoms with E-state index in [0.29, 0.717) is 5.69 Å². The number of carbonyl (C=O) groups excluding carboxylic acids is 3. The monoisotopic (exact) mass is 354 g/mol. The van der Waals surface area contributed by atoms with E-state index in [1.54, 1.807) is 0 Å². The normalized spacial score (nSPS) is 13.0. The molecule has 25 heavy (non-hydrogen) atoms. The van der Waals surface area contributed by atoms with Gasteiger partial charge in [0.2, 0.25) is 11.8 Å². The maximum atomic E-state index is 12.4. The van der Waals surface area contributed by atoms with Crippen molar-refractivity contribution in [2.24, 2.45) is 11.7 Å². The summed E-state index contributed by atoms with van der Waals surface area (Å²) in [5, 5.41) is 20.2. The number of nitrogens with zero attached hydrogens (tertiary/aromatic N) is 1. The van der Waals surface area contributed by atoms with E-state index in [0.717, 1.165) is 0 Å². The van der Waals surface area contributed by atoms with Crippen molar-refractivity contribution in [3.63, 3.8) is 0 Å². The molecule has 0 radical (unpaired) electrons. The number of Topliss-reactive ketones (excluding diaryl/α,β-unsaturated/α-hetero) is 1. The van der Waals surface area contributed by atoms with E-state index < -0.39 is 42.1 Å². The third-order valence-electron chi connectivity index (χ3n) is 3.57. The molecule has 0 aromatic carbocycles. The smallest absolute Gasteiger partial charge is 0.303 e. The van der Waals surface area contributed by atoms with Crippen LogP contribution in [-0.2, 0) is 25.6 Å². The van der Waals surface area contributed by atoms with Gasteiger partial charge in [-0.1, -0.05) is 0 Å². The van der Waals surface area contributed by atoms with Gasteiger partial charge < -0.3 is 26.2 Å². The first-order valence-corrected chi connectivity index (χ1v) is 7.74. The molecule has 0 bridgehead atoms. The lowest BCUT2D eigenvalue weighted by Gasteiger charge is -2.19. The van der Waals surface area contributed by atoms with Gasteiger partial charge in [0.25, 0.3) is 0 Å². The first-order valence-electron chi connectivity index (χ1n) is 7.74. The number of carboxylic acid groups (broad SMARTS) is 1. The van der Waals surface area contributed by atoms with E-state index in [1.165, 1.54) is 12.5 Å². The molecule has 0 aliphatic heterocycles. The van der Waals surface area contributed by atoms with Crippen molar-refractivity contribution in [2.75, 3.05) is 6.61 Å². The van der Waals surface area contributed by atoms with Gasteiger partial charge in [-0.05, 0) is 6.42 Å². The number of H-pyrrole nitrogens is 1. The molecule has 2 amide bonds. The van der Waals surface area contributed by atoms with Crippen LogP contribution in [-0.4, -0.2) is 56.4 Å². The number of imidazole rings is 1. The maximum absolute atomic E-state index is 12.4. The fraction of sp³-hybridized carbons (Fsp3) is 0.533. The van der Waals surface area contributed by atoms with Gasteiger partial charge in [0.05, 0.1) is 24.9 Å². The Balaban J connectivity index is 2.71. The Morgan fingerprint density at radius 1 is 1.28 bits per heavy atom. The number of aliphatic carboxylic acids is 1. The van der Waals surface area contributed by atoms with E-state index >= 15 is 0 Å². The largest absolute Gasteiger partial charge is 0.481 e. The highest BCUT2D eigenvalue weighted by Crippen LogP contribution is 2.09. The zero-order valence-corrected chi connectivity index (χ0v) is 13.6. The summed E-state index contributed by atoms with van der Waals surface area (Å²) in [5.74, 6) is -3.77. The first kappa shape index (κ1) is 20.3. The first-order chi connectivity index (χ1) is 11.8. The number of aromatic amines is 1. The number of primary amides is 1. The second-order valence-electron chi connectivity index (χ2n) is 5.60. The summed E-state index contributed by atoms with van der Waals surface area (Å²) in [7, 11) is 0. The Morgan fingerprint density at radius 3 is 2.52 bits per heavy atom. The molecule has 138 valence electrons. The Bertz CT molecular complexity index is 601. The fourth-order valence-corrected chi connectivity index (χ4v) is 2.17. The summed E-state index contributed by atoms with van der Waals surface area (Å²) in [6, 6.07) is -0.939. The highest BCUT2D eigenvalue weighted by atomic mass is 16.4. The standard InChI is InChI=1S/C15H22N4O6/c16-15(25)9(7-20)4-12(21)11(5-10-6-17-8-18-10)19-13(22)2-1-3-14(23)24/h6,8-9,11,20H,1-5,7H2,(H2,16,25)(H,17,18)(H,19,22)(H,23,24). The van der Waals surface area contributed by atoms with Gasteiger partial charge in [-0.15, -0.1) is 0 Å². The molecular formula is C15H22N4O6. The van der Waals surface area contributed by atoms with Crippen LogP contribution in [0.3, 0.4) is 0 Å². The second kappa shape index (κ2) is 10.2. The van der Waals surface area contributed by atoms with Crippen LogP contribution in [0.15, 0.2) is 12.5 Å². The summed E-state index contributed by atoms with van der Waals surface area (Å²) in [5.41, 5.74) is 5.72. The SMILES string of the molecule is NC(=O)C(CO)CC(=O)C(Cc1cnc[nH]1)NC(=O)CCCC(=O)O. The van der Waals surface area contributed by atoms with E-state index in [-0.39, 0.29) is 32.1 Å². The number of nitrogens with one attached hydrogen (secondary N) is 2. The zero-order chi connectivity index (χ0) is 18.8. The fourth-order valence-electron chi connectivity index (χ4n) is 2.17. The van der Waals surface area contributed by atoms with Gasteiger partial charge in [0, 0.05) is 37.6 Å². The second-order valence-corrected chi connectivity index (χ2v) is 5.60. The third-order valence-corrected chi connectivity index (χ3v) is 3.57. The summed E-state index contributed by atoms with van der Waals surface area (Å²) >= 11 is 0. The number of carbonyl (C=O) groups is 4. The zero-order valence-electron chi connectivity index (χ0n) is 13.6. The molecule has 10 heteroatoms. The van der Waals surface area contributed by atoms with Crippen LogP contribution in [0, 0.1) is 5.92 Å². The molecule has 1 rings (SSSR count). The molecular weight excluding hydrogens is 332 g/mol. The van der Waals surface area contributed by atoms with Gasteiger partial charge in [0.1, 0.15) is 0 Å². The molecule has 0 saturated carbocycles. The molecule has 1 aromatic heterocycles. The minimum atomic E-state index is -1.03. The van der Waals surface area contributed by atoms with Gasteiger partial charge in [-0.25, -0.2) is 4.98 Å². The molecule has 2 atom stereocenters. The van der Waals surface area contributed by atoms with Crippen molar-refractivity contribution in [3.05, 3.63) is 18.2 Å². The van der Waals surface area contributed by atoms with E-state index in [9.17, 15) is 19.2 Å². The predicted octanol–water partition coefficient (Wildman–Crippen LogP) is -1.26. The Kier molecular flexibility index (Phi) is 8.27. The number of aromatic nitrogens is 2. The number of hydrogen-bond acceptors (Lipinski definition) is 6. The lowest BCUT2D eigenvalue weighted by molar-refractivity contribution is -0.137. The van der Waals surface area contributed by atoms with Crippen molar-refractivity contribution in [3.8, 4) is 0 Å². The highest BCUT2D eigenvalue weighted by molar-refractivity contribution is 5.92. The number of nitrogens with two attached hydrogens (primary N) is 1. The van der Waals surface area contributed by atoms with Gasteiger partial charge >= 0.3 is 5.97 Å². The van der Waals surface area contributed by atoms with Gasteiger partial charge in [-0.3, -0.25) is 19.2 Å². The Morgan fingerprint density at radius 2 is 2.00 bits per heavy atom. The quantitative estimate of drug-likeness (QED) is 0.311. The molecule has 10 nitrogen and oxygen atoms in total. The number of aliphatic hydroxyl groups is 1. The van der Waals surface area contributed by atoms with Crippen molar-refractivity contribution >= 4 is 23.6 Å². The minimum Gasteiger partial charge on any atom is -0.481 e. The highest BCUT2D eigenvalue weighted by Gasteiger charge is 2.26. The number of hydrogen-bond donors (Lipinski definition) is 5. The summed E-state index contributed by atoms with van der Waals surface area (Å²) in [6.07, 6.45) is 2.69. The average molecular weight is 354 g/mol. The van der Waals surface area contributed by atoms with Crippen molar-refractivity contribution in [1.82, 2.24) is 15.3 Å². The molecule has 2 unspecified atom stereocenters. The van der Waals surface area contributed by atoms with Crippen LogP contribution >= 0.6 is 0 Å². The Hall–Kier alpha value is -2.75. The van der Waals surface area contributed by atoms with E-state index in [2.05, 4.69) is 15.3 Å². The minimum absolute atomic E-state index is 0.0433. The van der Waals surface area contributed by atoms with Crippen LogP contribution in [0.25, 0.3) is 0 Å². The van der Waals surface area contributed by atoms with Crippen molar-refractivity contribution in [2.45, 2.75) is 38.1 Å². The predicted molar refractivity (Wildman–Crippen MR) is 85.1 cm³/mol. The van der Waals surface area contributed by atoms with Crippen LogP contribution in [0.1, 0.15) is 31.4 Å². The molecule has 6 N–H and O–H groups in total. The van der Waals surface area contributed by atoms with Crippen LogP contribution in [0.2, 0.25) is 0 Å². The molecule has 0 aliphatic rings. The van der Waals surface area contributed by atoms with Crippen LogP contribution in [0.5, 0.6) is 0 Å². The topological polar surface area (TPSA) is 175 Å². The Labute approximate surface area is 143 Å². The van der Waals surface area contributed by atoms with Crippen LogP contribution < -0.4 is 11.1 Å². The van der Waals surface area contributed by atoms with Crippen LogP contribution in [0.4, 0.5) is 0 Å². The molecule has 0 saturated heterocycles. The molecule has 1 heterocycles. The lowest BCUT2D eigenvalue weighted by atomic mass is 9.96. The number of rotatable bonds is 12. The molecule has 0 aliphatic carbocycles. The number of amides is 2. The van der Waals surface area contributed by atoms with Gasteiger partial charge in [0.15, 0.2) is 5.78 Å². The van der Waals surface area contributed by atoms with E-state index in [1.807, 2.05) is 0 Å². The summed E-state index contributed by atoms with van der Waals surface area (Å²) in [4.78, 5) is 52.6. The third kappa shape index (κ3) is 7.57. The number of carboxylic acids is 1. The van der Waals surface area contributed by atoms with E-state index in [4.69, 9.17) is 15.9 Å². The summed E-state index contributed by atoms with van der Waals surface area (Å²) < 4.78 is 0. The molecule has 0 spiro atoms. The summed E-state index contributed by atoms with van der Waals surface area (Å²) in [6.45, 7) is -0.565. The lowest BCUT2D eigenvalue weighted by Crippen LogP contribution is -2.44. The van der Waals surface area contributed by atoms with Crippen molar-refractivity contribution in [1.29, 1.82) is 0 Å². The molecule has 0 fully saturated rings. The average Bonchev–Trinajstić information content (AvgIpc) is 3.04. The molecule has 1 aromatic rings. The number of ketones is 1.